The zero-order chi connectivity index (χ0) is 24.1. The highest BCUT2D eigenvalue weighted by Crippen LogP contribution is 2.21. The van der Waals surface area contributed by atoms with E-state index in [1.165, 1.54) is 48.4 Å². The van der Waals surface area contributed by atoms with E-state index >= 15 is 0 Å². The molecule has 0 aliphatic carbocycles. The van der Waals surface area contributed by atoms with Crippen molar-refractivity contribution in [2.45, 2.75) is 19.5 Å². The molecule has 1 unspecified atom stereocenters. The summed E-state index contributed by atoms with van der Waals surface area (Å²) >= 11 is 0. The first kappa shape index (κ1) is 23.2. The van der Waals surface area contributed by atoms with Gasteiger partial charge >= 0.3 is 11.9 Å². The summed E-state index contributed by atoms with van der Waals surface area (Å²) in [5, 5.41) is 2.72. The number of hydrogen-bond donors (Lipinski definition) is 2. The van der Waals surface area contributed by atoms with Crippen molar-refractivity contribution in [2.75, 3.05) is 26.1 Å². The largest absolute Gasteiger partial charge is 0.465 e. The van der Waals surface area contributed by atoms with Crippen LogP contribution in [-0.4, -0.2) is 38.6 Å². The molecule has 174 valence electrons. The van der Waals surface area contributed by atoms with Gasteiger partial charge < -0.3 is 19.7 Å². The molecule has 0 saturated heterocycles. The number of carbonyl (C=O) groups excluding carboxylic acids is 3. The summed E-state index contributed by atoms with van der Waals surface area (Å²) in [6.45, 7) is 2.95. The van der Waals surface area contributed by atoms with E-state index in [2.05, 4.69) is 29.6 Å². The van der Waals surface area contributed by atoms with Crippen molar-refractivity contribution < 1.29 is 28.8 Å². The van der Waals surface area contributed by atoms with Crippen LogP contribution in [-0.2, 0) is 29.0 Å². The number of amides is 1. The second kappa shape index (κ2) is 10.3. The SMILES string of the molecule is COC(=O)c1ccc(C(=O)OC)c(NC(=O)c2ccc(C[NH+]3CCc4ccccc4C3)cc2)c1. The molecule has 1 aliphatic heterocycles. The minimum Gasteiger partial charge on any atom is -0.465 e. The molecular formula is C27H27N2O5+. The Hall–Kier alpha value is -3.97. The molecule has 0 fully saturated rings. The Bertz CT molecular complexity index is 1220. The molecule has 7 heteroatoms. The summed E-state index contributed by atoms with van der Waals surface area (Å²) in [5.41, 5.74) is 4.97. The van der Waals surface area contributed by atoms with Crippen molar-refractivity contribution in [3.63, 3.8) is 0 Å². The average Bonchev–Trinajstić information content (AvgIpc) is 2.88. The Labute approximate surface area is 198 Å². The minimum atomic E-state index is -0.617. The lowest BCUT2D eigenvalue weighted by Crippen LogP contribution is -3.10. The van der Waals surface area contributed by atoms with Gasteiger partial charge in [0.15, 0.2) is 0 Å². The highest BCUT2D eigenvalue weighted by atomic mass is 16.5. The van der Waals surface area contributed by atoms with E-state index in [-0.39, 0.29) is 16.8 Å². The van der Waals surface area contributed by atoms with E-state index in [1.807, 2.05) is 12.1 Å². The standard InChI is InChI=1S/C27H26N2O5/c1-33-26(31)21-11-12-23(27(32)34-2)24(15-21)28-25(30)20-9-7-18(8-10-20)16-29-14-13-19-5-3-4-6-22(19)17-29/h3-12,15H,13-14,16-17H2,1-2H3,(H,28,30)/p+1. The quantitative estimate of drug-likeness (QED) is 0.554. The number of anilines is 1. The molecule has 1 heterocycles. The number of methoxy groups -OCH3 is 2. The van der Waals surface area contributed by atoms with Gasteiger partial charge in [-0.3, -0.25) is 4.79 Å². The minimum absolute atomic E-state index is 0.147. The zero-order valence-electron chi connectivity index (χ0n) is 19.2. The molecule has 3 aromatic rings. The van der Waals surface area contributed by atoms with Crippen LogP contribution in [0.15, 0.2) is 66.7 Å². The van der Waals surface area contributed by atoms with Gasteiger partial charge in [-0.05, 0) is 35.9 Å². The molecule has 1 atom stereocenters. The highest BCUT2D eigenvalue weighted by molar-refractivity contribution is 6.09. The van der Waals surface area contributed by atoms with Gasteiger partial charge in [0.1, 0.15) is 13.1 Å². The maximum absolute atomic E-state index is 12.9. The molecular weight excluding hydrogens is 432 g/mol. The lowest BCUT2D eigenvalue weighted by Gasteiger charge is -2.26. The fourth-order valence-electron chi connectivity index (χ4n) is 4.23. The van der Waals surface area contributed by atoms with Crippen LogP contribution in [0.25, 0.3) is 0 Å². The molecule has 1 aliphatic rings. The number of rotatable bonds is 6. The van der Waals surface area contributed by atoms with Crippen LogP contribution in [0.5, 0.6) is 0 Å². The third kappa shape index (κ3) is 5.15. The first-order chi connectivity index (χ1) is 16.5. The van der Waals surface area contributed by atoms with Crippen LogP contribution < -0.4 is 10.2 Å². The Balaban J connectivity index is 1.46. The molecule has 0 spiro atoms. The predicted molar refractivity (Wildman–Crippen MR) is 127 cm³/mol. The van der Waals surface area contributed by atoms with Gasteiger partial charge in [0.05, 0.1) is 37.6 Å². The molecule has 0 aromatic heterocycles. The maximum atomic E-state index is 12.9. The Morgan fingerprint density at radius 3 is 2.24 bits per heavy atom. The molecule has 4 rings (SSSR count). The summed E-state index contributed by atoms with van der Waals surface area (Å²) in [5.74, 6) is -1.58. The number of hydrogen-bond acceptors (Lipinski definition) is 5. The fourth-order valence-corrected chi connectivity index (χ4v) is 4.23. The lowest BCUT2D eigenvalue weighted by molar-refractivity contribution is -0.929. The monoisotopic (exact) mass is 459 g/mol. The summed E-state index contributed by atoms with van der Waals surface area (Å²) in [6, 6.07) is 20.3. The van der Waals surface area contributed by atoms with E-state index < -0.39 is 17.8 Å². The molecule has 7 nitrogen and oxygen atoms in total. The van der Waals surface area contributed by atoms with Crippen molar-refractivity contribution >= 4 is 23.5 Å². The van der Waals surface area contributed by atoms with Crippen molar-refractivity contribution in [3.8, 4) is 0 Å². The number of quaternary nitrogens is 1. The number of benzene rings is 3. The fraction of sp³-hybridized carbons (Fsp3) is 0.222. The zero-order valence-corrected chi connectivity index (χ0v) is 19.2. The van der Waals surface area contributed by atoms with Crippen LogP contribution >= 0.6 is 0 Å². The Morgan fingerprint density at radius 1 is 0.853 bits per heavy atom. The molecule has 34 heavy (non-hydrogen) atoms. The predicted octanol–water partition coefficient (Wildman–Crippen LogP) is 2.65. The number of carbonyl (C=O) groups is 3. The van der Waals surface area contributed by atoms with Gasteiger partial charge in [-0.1, -0.05) is 36.4 Å². The van der Waals surface area contributed by atoms with Gasteiger partial charge in [-0.15, -0.1) is 0 Å². The van der Waals surface area contributed by atoms with E-state index in [9.17, 15) is 14.4 Å². The van der Waals surface area contributed by atoms with E-state index in [0.717, 1.165) is 31.6 Å². The second-order valence-corrected chi connectivity index (χ2v) is 8.27. The summed E-state index contributed by atoms with van der Waals surface area (Å²) in [4.78, 5) is 38.4. The highest BCUT2D eigenvalue weighted by Gasteiger charge is 2.20. The Kier molecular flexibility index (Phi) is 7.04. The van der Waals surface area contributed by atoms with Crippen molar-refractivity contribution in [3.05, 3.63) is 100 Å². The third-order valence-electron chi connectivity index (χ3n) is 6.07. The molecule has 0 saturated carbocycles. The van der Waals surface area contributed by atoms with Crippen LogP contribution in [0.3, 0.4) is 0 Å². The Morgan fingerprint density at radius 2 is 1.53 bits per heavy atom. The first-order valence-corrected chi connectivity index (χ1v) is 11.1. The molecule has 0 radical (unpaired) electrons. The third-order valence-corrected chi connectivity index (χ3v) is 6.07. The van der Waals surface area contributed by atoms with Crippen molar-refractivity contribution in [2.24, 2.45) is 0 Å². The van der Waals surface area contributed by atoms with Gasteiger partial charge in [-0.2, -0.15) is 0 Å². The summed E-state index contributed by atoms with van der Waals surface area (Å²) < 4.78 is 9.52. The number of ether oxygens (including phenoxy) is 2. The molecule has 1 amide bonds. The van der Waals surface area contributed by atoms with Gasteiger partial charge in [0.2, 0.25) is 0 Å². The van der Waals surface area contributed by atoms with E-state index in [4.69, 9.17) is 9.47 Å². The van der Waals surface area contributed by atoms with Gasteiger partial charge in [-0.25, -0.2) is 9.59 Å². The van der Waals surface area contributed by atoms with Crippen LogP contribution in [0.4, 0.5) is 5.69 Å². The first-order valence-electron chi connectivity index (χ1n) is 11.1. The summed E-state index contributed by atoms with van der Waals surface area (Å²) in [7, 11) is 2.52. The maximum Gasteiger partial charge on any atom is 0.339 e. The number of nitrogens with one attached hydrogen (secondary N) is 2. The van der Waals surface area contributed by atoms with Crippen LogP contribution in [0, 0.1) is 0 Å². The smallest absolute Gasteiger partial charge is 0.339 e. The van der Waals surface area contributed by atoms with Gasteiger partial charge in [0.25, 0.3) is 5.91 Å². The van der Waals surface area contributed by atoms with Crippen molar-refractivity contribution in [1.82, 2.24) is 0 Å². The topological polar surface area (TPSA) is 86.1 Å². The normalized spacial score (nSPS) is 14.6. The van der Waals surface area contributed by atoms with Crippen molar-refractivity contribution in [1.29, 1.82) is 0 Å². The van der Waals surface area contributed by atoms with E-state index in [0.29, 0.717) is 5.56 Å². The number of esters is 2. The molecule has 3 aromatic carbocycles. The second-order valence-electron chi connectivity index (χ2n) is 8.27. The lowest BCUT2D eigenvalue weighted by atomic mass is 9.99. The average molecular weight is 460 g/mol. The van der Waals surface area contributed by atoms with Crippen LogP contribution in [0.1, 0.15) is 47.8 Å². The number of fused-ring (bicyclic) bond motifs is 1. The molecule has 0 bridgehead atoms. The summed E-state index contributed by atoms with van der Waals surface area (Å²) in [6.07, 6.45) is 1.07. The van der Waals surface area contributed by atoms with Crippen LogP contribution in [0.2, 0.25) is 0 Å². The van der Waals surface area contributed by atoms with E-state index in [1.54, 1.807) is 12.1 Å². The van der Waals surface area contributed by atoms with Gasteiger partial charge in [0, 0.05) is 23.1 Å². The molecule has 2 N–H and O–H groups in total.